The number of nitrogens with one attached hydrogen (secondary N) is 1. The molecule has 1 heterocycles. The van der Waals surface area contributed by atoms with E-state index in [0.717, 1.165) is 23.3 Å². The van der Waals surface area contributed by atoms with Gasteiger partial charge in [-0.15, -0.1) is 0 Å². The Bertz CT molecular complexity index is 323. The Hall–Kier alpha value is -0.320. The Balaban J connectivity index is 2.56. The van der Waals surface area contributed by atoms with E-state index in [0.29, 0.717) is 0 Å². The first-order valence-electron chi connectivity index (χ1n) is 5.46. The zero-order chi connectivity index (χ0) is 12.2. The van der Waals surface area contributed by atoms with Crippen LogP contribution in [0.1, 0.15) is 38.5 Å². The van der Waals surface area contributed by atoms with Gasteiger partial charge in [0.1, 0.15) is 5.76 Å². The summed E-state index contributed by atoms with van der Waals surface area (Å²) >= 11 is 3.31. The predicted molar refractivity (Wildman–Crippen MR) is 68.5 cm³/mol. The molecule has 0 amide bonds. The number of hydrogen-bond acceptors (Lipinski definition) is 3. The molecule has 1 aromatic heterocycles. The molecule has 0 aliphatic carbocycles. The van der Waals surface area contributed by atoms with Crippen LogP contribution < -0.4 is 5.32 Å². The molecule has 0 spiro atoms. The highest BCUT2D eigenvalue weighted by molar-refractivity contribution is 9.10. The van der Waals surface area contributed by atoms with E-state index in [9.17, 15) is 0 Å². The molecule has 0 aromatic carbocycles. The largest absolute Gasteiger partial charge is 0.453 e. The minimum absolute atomic E-state index is 0.0844. The summed E-state index contributed by atoms with van der Waals surface area (Å²) in [4.78, 5) is 0. The highest BCUT2D eigenvalue weighted by atomic mass is 79.9. The Morgan fingerprint density at radius 2 is 2.19 bits per heavy atom. The molecule has 1 aromatic rings. The first-order chi connectivity index (χ1) is 7.48. The van der Waals surface area contributed by atoms with Crippen molar-refractivity contribution < 1.29 is 9.15 Å². The fourth-order valence-electron chi connectivity index (χ4n) is 1.54. The van der Waals surface area contributed by atoms with Crippen molar-refractivity contribution in [2.75, 3.05) is 14.2 Å². The molecule has 4 heteroatoms. The van der Waals surface area contributed by atoms with Crippen LogP contribution in [-0.4, -0.2) is 19.8 Å². The molecule has 1 rings (SSSR count). The number of furan rings is 1. The molecular weight excluding hydrogens is 270 g/mol. The molecule has 92 valence electrons. The van der Waals surface area contributed by atoms with Crippen LogP contribution in [0.2, 0.25) is 0 Å². The van der Waals surface area contributed by atoms with Crippen molar-refractivity contribution in [2.45, 2.75) is 38.3 Å². The lowest BCUT2D eigenvalue weighted by Gasteiger charge is -2.25. The first kappa shape index (κ1) is 13.7. The fraction of sp³-hybridized carbons (Fsp3) is 0.667. The van der Waals surface area contributed by atoms with Crippen molar-refractivity contribution in [1.29, 1.82) is 0 Å². The van der Waals surface area contributed by atoms with Crippen LogP contribution in [0.25, 0.3) is 0 Å². The van der Waals surface area contributed by atoms with Gasteiger partial charge >= 0.3 is 0 Å². The van der Waals surface area contributed by atoms with Gasteiger partial charge in [-0.3, -0.25) is 0 Å². The molecule has 0 fully saturated rings. The van der Waals surface area contributed by atoms with E-state index < -0.39 is 0 Å². The van der Waals surface area contributed by atoms with E-state index >= 15 is 0 Å². The SMILES string of the molecule is CNC(CCC(C)(C)OC)c1ccc(Br)o1. The fourth-order valence-corrected chi connectivity index (χ4v) is 1.86. The molecule has 3 nitrogen and oxygen atoms in total. The van der Waals surface area contributed by atoms with Gasteiger partial charge in [0.15, 0.2) is 4.67 Å². The van der Waals surface area contributed by atoms with Crippen LogP contribution >= 0.6 is 15.9 Å². The molecule has 1 N–H and O–H groups in total. The number of methoxy groups -OCH3 is 1. The van der Waals surface area contributed by atoms with Crippen LogP contribution in [0.3, 0.4) is 0 Å². The maximum Gasteiger partial charge on any atom is 0.169 e. The van der Waals surface area contributed by atoms with Crippen molar-refractivity contribution in [3.8, 4) is 0 Å². The quantitative estimate of drug-likeness (QED) is 0.870. The van der Waals surface area contributed by atoms with Crippen LogP contribution in [0, 0.1) is 0 Å². The second-order valence-electron chi connectivity index (χ2n) is 4.49. The van der Waals surface area contributed by atoms with Gasteiger partial charge in [0.05, 0.1) is 11.6 Å². The van der Waals surface area contributed by atoms with Gasteiger partial charge in [-0.1, -0.05) is 0 Å². The number of halogens is 1. The van der Waals surface area contributed by atoms with E-state index in [4.69, 9.17) is 9.15 Å². The van der Waals surface area contributed by atoms with E-state index in [1.807, 2.05) is 19.2 Å². The third-order valence-electron chi connectivity index (χ3n) is 2.87. The van der Waals surface area contributed by atoms with E-state index in [1.54, 1.807) is 7.11 Å². The molecular formula is C12H20BrNO2. The van der Waals surface area contributed by atoms with Gasteiger partial charge in [0.2, 0.25) is 0 Å². The van der Waals surface area contributed by atoms with Crippen molar-refractivity contribution in [2.24, 2.45) is 0 Å². The lowest BCUT2D eigenvalue weighted by Crippen LogP contribution is -2.25. The van der Waals surface area contributed by atoms with Gasteiger partial charge in [0.25, 0.3) is 0 Å². The number of hydrogen-bond donors (Lipinski definition) is 1. The van der Waals surface area contributed by atoms with E-state index in [1.165, 1.54) is 0 Å². The summed E-state index contributed by atoms with van der Waals surface area (Å²) in [5.74, 6) is 0.960. The standard InChI is InChI=1S/C12H20BrNO2/c1-12(2,15-4)8-7-9(14-3)10-5-6-11(13)16-10/h5-6,9,14H,7-8H2,1-4H3. The van der Waals surface area contributed by atoms with E-state index in [2.05, 4.69) is 35.1 Å². The topological polar surface area (TPSA) is 34.4 Å². The molecule has 1 unspecified atom stereocenters. The second-order valence-corrected chi connectivity index (χ2v) is 5.27. The highest BCUT2D eigenvalue weighted by Crippen LogP contribution is 2.26. The Labute approximate surface area is 106 Å². The Morgan fingerprint density at radius 1 is 1.50 bits per heavy atom. The maximum absolute atomic E-state index is 5.55. The first-order valence-corrected chi connectivity index (χ1v) is 6.25. The van der Waals surface area contributed by atoms with Gasteiger partial charge in [0, 0.05) is 7.11 Å². The van der Waals surface area contributed by atoms with Crippen LogP contribution in [0.15, 0.2) is 21.2 Å². The minimum atomic E-state index is -0.0844. The van der Waals surface area contributed by atoms with Crippen molar-refractivity contribution in [3.63, 3.8) is 0 Å². The van der Waals surface area contributed by atoms with Crippen LogP contribution in [0.4, 0.5) is 0 Å². The van der Waals surface area contributed by atoms with Crippen LogP contribution in [0.5, 0.6) is 0 Å². The van der Waals surface area contributed by atoms with Crippen molar-refractivity contribution >= 4 is 15.9 Å². The zero-order valence-electron chi connectivity index (χ0n) is 10.3. The normalized spacial score (nSPS) is 14.1. The summed E-state index contributed by atoms with van der Waals surface area (Å²) < 4.78 is 11.7. The van der Waals surface area contributed by atoms with Gasteiger partial charge in [-0.2, -0.15) is 0 Å². The third-order valence-corrected chi connectivity index (χ3v) is 3.30. The smallest absolute Gasteiger partial charge is 0.169 e. The van der Waals surface area contributed by atoms with Crippen molar-refractivity contribution in [3.05, 3.63) is 22.6 Å². The molecule has 1 atom stereocenters. The lowest BCUT2D eigenvalue weighted by atomic mass is 9.98. The van der Waals surface area contributed by atoms with Crippen LogP contribution in [-0.2, 0) is 4.74 Å². The molecule has 0 aliphatic heterocycles. The second kappa shape index (κ2) is 5.84. The predicted octanol–water partition coefficient (Wildman–Crippen LogP) is 3.51. The maximum atomic E-state index is 5.55. The van der Waals surface area contributed by atoms with E-state index in [-0.39, 0.29) is 11.6 Å². The van der Waals surface area contributed by atoms with Crippen molar-refractivity contribution in [1.82, 2.24) is 5.32 Å². The number of ether oxygens (including phenoxy) is 1. The third kappa shape index (κ3) is 3.92. The molecule has 0 aliphatic rings. The monoisotopic (exact) mass is 289 g/mol. The lowest BCUT2D eigenvalue weighted by molar-refractivity contribution is 0.0114. The average Bonchev–Trinajstić information content (AvgIpc) is 2.66. The summed E-state index contributed by atoms with van der Waals surface area (Å²) in [5.41, 5.74) is -0.0844. The summed E-state index contributed by atoms with van der Waals surface area (Å²) in [7, 11) is 3.69. The summed E-state index contributed by atoms with van der Waals surface area (Å²) in [6, 6.07) is 4.15. The average molecular weight is 290 g/mol. The molecule has 0 radical (unpaired) electrons. The molecule has 0 saturated heterocycles. The number of rotatable bonds is 6. The summed E-state index contributed by atoms with van der Waals surface area (Å²) in [6.45, 7) is 4.19. The van der Waals surface area contributed by atoms with Gasteiger partial charge in [-0.05, 0) is 61.8 Å². The Kier molecular flexibility index (Phi) is 5.02. The summed E-state index contributed by atoms with van der Waals surface area (Å²) in [6.07, 6.45) is 1.96. The molecule has 0 saturated carbocycles. The van der Waals surface area contributed by atoms with Gasteiger partial charge < -0.3 is 14.5 Å². The Morgan fingerprint density at radius 3 is 2.62 bits per heavy atom. The zero-order valence-corrected chi connectivity index (χ0v) is 11.9. The van der Waals surface area contributed by atoms with Gasteiger partial charge in [-0.25, -0.2) is 0 Å². The molecule has 16 heavy (non-hydrogen) atoms. The summed E-state index contributed by atoms with van der Waals surface area (Å²) in [5, 5.41) is 3.26. The molecule has 0 bridgehead atoms. The highest BCUT2D eigenvalue weighted by Gasteiger charge is 2.20. The minimum Gasteiger partial charge on any atom is -0.453 e.